The maximum absolute atomic E-state index is 9.40. The Kier molecular flexibility index (Phi) is 3.84. The van der Waals surface area contributed by atoms with Crippen molar-refractivity contribution in [3.63, 3.8) is 0 Å². The van der Waals surface area contributed by atoms with Crippen LogP contribution in [0.2, 0.25) is 0 Å². The van der Waals surface area contributed by atoms with Crippen molar-refractivity contribution in [3.8, 4) is 5.75 Å². The van der Waals surface area contributed by atoms with Crippen LogP contribution in [0.1, 0.15) is 17.5 Å². The Morgan fingerprint density at radius 3 is 2.92 bits per heavy atom. The summed E-state index contributed by atoms with van der Waals surface area (Å²) in [4.78, 5) is 0. The highest BCUT2D eigenvalue weighted by Crippen LogP contribution is 2.20. The predicted octanol–water partition coefficient (Wildman–Crippen LogP) is 3.34. The molecule has 0 bridgehead atoms. The van der Waals surface area contributed by atoms with Crippen molar-refractivity contribution in [3.05, 3.63) is 35.4 Å². The third kappa shape index (κ3) is 2.78. The fraction of sp³-hybridized carbons (Fsp3) is 0.273. The van der Waals surface area contributed by atoms with Gasteiger partial charge < -0.3 is 5.11 Å². The fourth-order valence-electron chi connectivity index (χ4n) is 1.09. The molecule has 0 aliphatic rings. The molecule has 0 heterocycles. The number of aromatic hydroxyl groups is 1. The molecule has 1 N–H and O–H groups in total. The SMILES string of the molecule is Cc1c(O)cccc1C=CCCCl. The monoisotopic (exact) mass is 196 g/mol. The number of hydrogen-bond donors (Lipinski definition) is 1. The lowest BCUT2D eigenvalue weighted by atomic mass is 10.1. The van der Waals surface area contributed by atoms with Crippen LogP contribution in [0.25, 0.3) is 6.08 Å². The number of rotatable bonds is 3. The summed E-state index contributed by atoms with van der Waals surface area (Å²) in [7, 11) is 0. The standard InChI is InChI=1S/C11H13ClO/c1-9-10(5-2-3-8-12)6-4-7-11(9)13/h2,4-7,13H,3,8H2,1H3. The summed E-state index contributed by atoms with van der Waals surface area (Å²) >= 11 is 5.54. The number of allylic oxidation sites excluding steroid dienone is 1. The van der Waals surface area contributed by atoms with E-state index in [1.807, 2.05) is 31.2 Å². The number of benzene rings is 1. The van der Waals surface area contributed by atoms with Gasteiger partial charge in [-0.15, -0.1) is 11.6 Å². The molecule has 0 fully saturated rings. The van der Waals surface area contributed by atoms with Crippen LogP contribution in [0.4, 0.5) is 0 Å². The van der Waals surface area contributed by atoms with Gasteiger partial charge in [0.1, 0.15) is 5.75 Å². The van der Waals surface area contributed by atoms with Crippen molar-refractivity contribution in [1.82, 2.24) is 0 Å². The van der Waals surface area contributed by atoms with E-state index in [0.717, 1.165) is 17.5 Å². The highest BCUT2D eigenvalue weighted by molar-refractivity contribution is 6.17. The molecule has 0 amide bonds. The van der Waals surface area contributed by atoms with Gasteiger partial charge >= 0.3 is 0 Å². The van der Waals surface area contributed by atoms with Crippen molar-refractivity contribution in [2.24, 2.45) is 0 Å². The van der Waals surface area contributed by atoms with Gasteiger partial charge in [-0.2, -0.15) is 0 Å². The minimum absolute atomic E-state index is 0.341. The molecule has 0 aromatic heterocycles. The second-order valence-corrected chi connectivity index (χ2v) is 3.25. The van der Waals surface area contributed by atoms with E-state index in [4.69, 9.17) is 11.6 Å². The first-order valence-electron chi connectivity index (χ1n) is 4.27. The second-order valence-electron chi connectivity index (χ2n) is 2.87. The third-order valence-corrected chi connectivity index (χ3v) is 2.14. The van der Waals surface area contributed by atoms with E-state index in [9.17, 15) is 5.11 Å². The van der Waals surface area contributed by atoms with Crippen LogP contribution in [0.3, 0.4) is 0 Å². The van der Waals surface area contributed by atoms with Crippen LogP contribution in [-0.4, -0.2) is 11.0 Å². The largest absolute Gasteiger partial charge is 0.508 e. The molecule has 1 rings (SSSR count). The van der Waals surface area contributed by atoms with Crippen molar-refractivity contribution < 1.29 is 5.11 Å². The lowest BCUT2D eigenvalue weighted by Crippen LogP contribution is -1.80. The van der Waals surface area contributed by atoms with E-state index in [2.05, 4.69) is 0 Å². The van der Waals surface area contributed by atoms with Crippen molar-refractivity contribution in [2.45, 2.75) is 13.3 Å². The summed E-state index contributed by atoms with van der Waals surface area (Å²) < 4.78 is 0. The third-order valence-electron chi connectivity index (χ3n) is 1.92. The van der Waals surface area contributed by atoms with Gasteiger partial charge in [0.2, 0.25) is 0 Å². The molecule has 0 aliphatic heterocycles. The highest BCUT2D eigenvalue weighted by Gasteiger charge is 1.97. The zero-order valence-electron chi connectivity index (χ0n) is 7.63. The Morgan fingerprint density at radius 2 is 2.23 bits per heavy atom. The van der Waals surface area contributed by atoms with E-state index in [1.165, 1.54) is 0 Å². The Morgan fingerprint density at radius 1 is 1.46 bits per heavy atom. The van der Waals surface area contributed by atoms with Gasteiger partial charge in [-0.3, -0.25) is 0 Å². The summed E-state index contributed by atoms with van der Waals surface area (Å²) in [5.74, 6) is 0.974. The van der Waals surface area contributed by atoms with Crippen LogP contribution < -0.4 is 0 Å². The average Bonchev–Trinajstić information content (AvgIpc) is 2.13. The first-order valence-corrected chi connectivity index (χ1v) is 4.80. The summed E-state index contributed by atoms with van der Waals surface area (Å²) in [5, 5.41) is 9.40. The molecule has 1 aromatic carbocycles. The molecule has 1 aromatic rings. The summed E-state index contributed by atoms with van der Waals surface area (Å²) in [6.45, 7) is 1.90. The number of halogens is 1. The highest BCUT2D eigenvalue weighted by atomic mass is 35.5. The smallest absolute Gasteiger partial charge is 0.119 e. The minimum atomic E-state index is 0.341. The first-order chi connectivity index (χ1) is 6.25. The van der Waals surface area contributed by atoms with E-state index >= 15 is 0 Å². The van der Waals surface area contributed by atoms with Gasteiger partial charge in [0.15, 0.2) is 0 Å². The van der Waals surface area contributed by atoms with Gasteiger partial charge in [0.25, 0.3) is 0 Å². The molecule has 13 heavy (non-hydrogen) atoms. The maximum atomic E-state index is 9.40. The summed E-state index contributed by atoms with van der Waals surface area (Å²) in [6, 6.07) is 5.50. The van der Waals surface area contributed by atoms with Crippen molar-refractivity contribution >= 4 is 17.7 Å². The number of alkyl halides is 1. The molecule has 0 unspecified atom stereocenters. The molecule has 0 saturated carbocycles. The Hall–Kier alpha value is -0.950. The Balaban J connectivity index is 2.83. The lowest BCUT2D eigenvalue weighted by Gasteiger charge is -2.01. The molecule has 0 spiro atoms. The second kappa shape index (κ2) is 4.93. The maximum Gasteiger partial charge on any atom is 0.119 e. The molecule has 1 nitrogen and oxygen atoms in total. The van der Waals surface area contributed by atoms with Crippen LogP contribution in [0.5, 0.6) is 5.75 Å². The van der Waals surface area contributed by atoms with Gasteiger partial charge in [0.05, 0.1) is 0 Å². The van der Waals surface area contributed by atoms with Crippen LogP contribution in [-0.2, 0) is 0 Å². The zero-order valence-corrected chi connectivity index (χ0v) is 8.38. The zero-order chi connectivity index (χ0) is 9.68. The molecular formula is C11H13ClO. The molecule has 2 heteroatoms. The summed E-state index contributed by atoms with van der Waals surface area (Å²) in [5.41, 5.74) is 1.96. The van der Waals surface area contributed by atoms with Crippen molar-refractivity contribution in [2.75, 3.05) is 5.88 Å². The molecule has 0 radical (unpaired) electrons. The average molecular weight is 197 g/mol. The van der Waals surface area contributed by atoms with E-state index < -0.39 is 0 Å². The van der Waals surface area contributed by atoms with Gasteiger partial charge in [-0.1, -0.05) is 24.3 Å². The predicted molar refractivity (Wildman–Crippen MR) is 57.2 cm³/mol. The summed E-state index contributed by atoms with van der Waals surface area (Å²) in [6.07, 6.45) is 4.85. The van der Waals surface area contributed by atoms with E-state index in [-0.39, 0.29) is 0 Å². The van der Waals surface area contributed by atoms with E-state index in [0.29, 0.717) is 11.6 Å². The normalized spacial score (nSPS) is 10.9. The van der Waals surface area contributed by atoms with Crippen LogP contribution in [0.15, 0.2) is 24.3 Å². The van der Waals surface area contributed by atoms with Crippen LogP contribution >= 0.6 is 11.6 Å². The Bertz CT molecular complexity index is 305. The van der Waals surface area contributed by atoms with E-state index in [1.54, 1.807) is 6.07 Å². The van der Waals surface area contributed by atoms with Gasteiger partial charge in [-0.25, -0.2) is 0 Å². The molecule has 70 valence electrons. The lowest BCUT2D eigenvalue weighted by molar-refractivity contribution is 0.471. The van der Waals surface area contributed by atoms with Crippen LogP contribution in [0, 0.1) is 6.92 Å². The van der Waals surface area contributed by atoms with Crippen molar-refractivity contribution in [1.29, 1.82) is 0 Å². The molecule has 0 atom stereocenters. The topological polar surface area (TPSA) is 20.2 Å². The van der Waals surface area contributed by atoms with Gasteiger partial charge in [-0.05, 0) is 30.5 Å². The Labute approximate surface area is 83.7 Å². The number of hydrogen-bond acceptors (Lipinski definition) is 1. The number of phenols is 1. The fourth-order valence-corrected chi connectivity index (χ4v) is 1.22. The number of phenolic OH excluding ortho intramolecular Hbond substituents is 1. The van der Waals surface area contributed by atoms with Gasteiger partial charge in [0, 0.05) is 5.88 Å². The molecular weight excluding hydrogens is 184 g/mol. The molecule has 0 saturated heterocycles. The minimum Gasteiger partial charge on any atom is -0.508 e. The first kappa shape index (κ1) is 10.1. The quantitative estimate of drug-likeness (QED) is 0.736. The molecule has 0 aliphatic carbocycles.